The zero-order valence-corrected chi connectivity index (χ0v) is 25.0. The first kappa shape index (κ1) is 27.8. The van der Waals surface area contributed by atoms with E-state index in [0.717, 1.165) is 25.9 Å². The number of carbonyl (C=O) groups is 1. The Balaban J connectivity index is 1.10. The average Bonchev–Trinajstić information content (AvgIpc) is 3.63. The number of hydrogen-bond acceptors (Lipinski definition) is 7. The summed E-state index contributed by atoms with van der Waals surface area (Å²) in [6.07, 6.45) is 8.24. The standard InChI is InChI=1S/C30H42N4O5S/c1-20-13-27(38-4)14-21(2)29(20)40(36,37)34(23-5-6-23)18-28-15-22(19-39-28)30(35)33-11-9-32(10-12-33)26-16-24-7-8-25(17-26)31(24)3/h13-15,19,23-26H,5-12,16-18H2,1-4H3. The summed E-state index contributed by atoms with van der Waals surface area (Å²) in [5, 5.41) is 0. The van der Waals surface area contributed by atoms with Crippen LogP contribution < -0.4 is 4.74 Å². The van der Waals surface area contributed by atoms with Crippen LogP contribution in [0.3, 0.4) is 0 Å². The van der Waals surface area contributed by atoms with E-state index >= 15 is 0 Å². The van der Waals surface area contributed by atoms with Crippen LogP contribution in [0.1, 0.15) is 65.8 Å². The van der Waals surface area contributed by atoms with Gasteiger partial charge in [-0.3, -0.25) is 9.69 Å². The van der Waals surface area contributed by atoms with Crippen molar-refractivity contribution in [1.29, 1.82) is 0 Å². The molecule has 9 nitrogen and oxygen atoms in total. The van der Waals surface area contributed by atoms with E-state index in [0.29, 0.717) is 64.3 Å². The Bertz CT molecular complexity index is 1320. The number of hydrogen-bond donors (Lipinski definition) is 0. The average molecular weight is 571 g/mol. The fourth-order valence-electron chi connectivity index (χ4n) is 7.21. The molecular weight excluding hydrogens is 528 g/mol. The molecule has 1 aliphatic carbocycles. The molecule has 3 saturated heterocycles. The minimum Gasteiger partial charge on any atom is -0.497 e. The summed E-state index contributed by atoms with van der Waals surface area (Å²) in [6, 6.07) is 7.23. The number of aryl methyl sites for hydroxylation is 2. The zero-order valence-electron chi connectivity index (χ0n) is 24.1. The molecule has 218 valence electrons. The maximum atomic E-state index is 13.8. The van der Waals surface area contributed by atoms with E-state index < -0.39 is 10.0 Å². The highest BCUT2D eigenvalue weighted by molar-refractivity contribution is 7.89. The second-order valence-corrected chi connectivity index (χ2v) is 14.0. The summed E-state index contributed by atoms with van der Waals surface area (Å²) in [5.41, 5.74) is 1.81. The Morgan fingerprint density at radius 1 is 0.975 bits per heavy atom. The number of nitrogens with zero attached hydrogens (tertiary/aromatic N) is 4. The van der Waals surface area contributed by atoms with Gasteiger partial charge in [-0.1, -0.05) is 0 Å². The van der Waals surface area contributed by atoms with E-state index in [2.05, 4.69) is 16.8 Å². The van der Waals surface area contributed by atoms with Crippen LogP contribution in [-0.4, -0.2) is 97.8 Å². The number of rotatable bonds is 8. The van der Waals surface area contributed by atoms with Gasteiger partial charge >= 0.3 is 0 Å². The fraction of sp³-hybridized carbons (Fsp3) is 0.633. The summed E-state index contributed by atoms with van der Waals surface area (Å²) in [4.78, 5) is 20.7. The number of benzene rings is 1. The number of carbonyl (C=O) groups excluding carboxylic acids is 1. The van der Waals surface area contributed by atoms with Gasteiger partial charge in [0.25, 0.3) is 5.91 Å². The summed E-state index contributed by atoms with van der Waals surface area (Å²) < 4.78 is 40.3. The van der Waals surface area contributed by atoms with E-state index in [1.54, 1.807) is 39.2 Å². The molecule has 2 bridgehead atoms. The lowest BCUT2D eigenvalue weighted by atomic mass is 9.96. The van der Waals surface area contributed by atoms with Crippen molar-refractivity contribution in [2.24, 2.45) is 0 Å². The number of methoxy groups -OCH3 is 1. The van der Waals surface area contributed by atoms with Crippen LogP contribution >= 0.6 is 0 Å². The molecule has 2 unspecified atom stereocenters. The minimum absolute atomic E-state index is 0.0410. The van der Waals surface area contributed by atoms with E-state index in [4.69, 9.17) is 9.15 Å². The van der Waals surface area contributed by atoms with Gasteiger partial charge in [-0.25, -0.2) is 8.42 Å². The number of furan rings is 1. The van der Waals surface area contributed by atoms with Crippen molar-refractivity contribution < 1.29 is 22.4 Å². The predicted molar refractivity (Wildman–Crippen MR) is 152 cm³/mol. The van der Waals surface area contributed by atoms with Gasteiger partial charge < -0.3 is 19.0 Å². The number of amides is 1. The second kappa shape index (κ2) is 10.8. The van der Waals surface area contributed by atoms with Gasteiger partial charge in [-0.15, -0.1) is 0 Å². The molecule has 3 aliphatic heterocycles. The fourth-order valence-corrected chi connectivity index (χ4v) is 9.27. The molecule has 2 atom stereocenters. The Morgan fingerprint density at radius 3 is 2.17 bits per heavy atom. The largest absolute Gasteiger partial charge is 0.497 e. The molecule has 40 heavy (non-hydrogen) atoms. The topological polar surface area (TPSA) is 86.5 Å². The first-order chi connectivity index (χ1) is 19.2. The first-order valence-electron chi connectivity index (χ1n) is 14.7. The van der Waals surface area contributed by atoms with E-state index in [1.165, 1.54) is 36.3 Å². The number of piperidine rings is 1. The van der Waals surface area contributed by atoms with Gasteiger partial charge in [-0.2, -0.15) is 4.31 Å². The predicted octanol–water partition coefficient (Wildman–Crippen LogP) is 3.64. The third-order valence-corrected chi connectivity index (χ3v) is 11.8. The van der Waals surface area contributed by atoms with Gasteiger partial charge in [0.2, 0.25) is 10.0 Å². The Kier molecular flexibility index (Phi) is 7.48. The van der Waals surface area contributed by atoms with Crippen molar-refractivity contribution in [3.63, 3.8) is 0 Å². The van der Waals surface area contributed by atoms with Crippen molar-refractivity contribution in [3.8, 4) is 5.75 Å². The monoisotopic (exact) mass is 570 g/mol. The quantitative estimate of drug-likeness (QED) is 0.479. The third-order valence-electron chi connectivity index (χ3n) is 9.59. The number of piperazine rings is 1. The molecule has 4 aliphatic rings. The van der Waals surface area contributed by atoms with Crippen molar-refractivity contribution >= 4 is 15.9 Å². The maximum absolute atomic E-state index is 13.8. The van der Waals surface area contributed by atoms with Crippen molar-refractivity contribution in [3.05, 3.63) is 46.9 Å². The molecule has 1 aromatic carbocycles. The molecule has 0 spiro atoms. The molecule has 6 rings (SSSR count). The minimum atomic E-state index is -3.76. The summed E-state index contributed by atoms with van der Waals surface area (Å²) in [7, 11) is 0.0855. The summed E-state index contributed by atoms with van der Waals surface area (Å²) >= 11 is 0. The Hall–Kier alpha value is -2.40. The van der Waals surface area contributed by atoms with Crippen molar-refractivity contribution in [2.75, 3.05) is 40.3 Å². The highest BCUT2D eigenvalue weighted by atomic mass is 32.2. The molecule has 0 N–H and O–H groups in total. The van der Waals surface area contributed by atoms with E-state index in [1.807, 2.05) is 4.90 Å². The van der Waals surface area contributed by atoms with Gasteiger partial charge in [0, 0.05) is 50.3 Å². The Morgan fingerprint density at radius 2 is 1.60 bits per heavy atom. The highest BCUT2D eigenvalue weighted by Gasteiger charge is 2.42. The summed E-state index contributed by atoms with van der Waals surface area (Å²) in [6.45, 7) is 6.93. The number of sulfonamides is 1. The molecule has 1 amide bonds. The molecular formula is C30H42N4O5S. The lowest BCUT2D eigenvalue weighted by Crippen LogP contribution is -2.55. The van der Waals surface area contributed by atoms with Crippen molar-refractivity contribution in [2.45, 2.75) is 88.0 Å². The third kappa shape index (κ3) is 5.19. The molecule has 10 heteroatoms. The smallest absolute Gasteiger partial charge is 0.257 e. The van der Waals surface area contributed by atoms with Crippen LogP contribution in [0.15, 0.2) is 33.8 Å². The van der Waals surface area contributed by atoms with Crippen LogP contribution in [0, 0.1) is 13.8 Å². The molecule has 4 heterocycles. The van der Waals surface area contributed by atoms with E-state index in [9.17, 15) is 13.2 Å². The summed E-state index contributed by atoms with van der Waals surface area (Å²) in [5.74, 6) is 1.09. The Labute approximate surface area is 238 Å². The number of ether oxygens (including phenoxy) is 1. The zero-order chi connectivity index (χ0) is 28.2. The van der Waals surface area contributed by atoms with Crippen LogP contribution in [0.2, 0.25) is 0 Å². The van der Waals surface area contributed by atoms with Gasteiger partial charge in [0.15, 0.2) is 0 Å². The van der Waals surface area contributed by atoms with Crippen LogP contribution in [0.25, 0.3) is 0 Å². The lowest BCUT2D eigenvalue weighted by molar-refractivity contribution is 0.0343. The van der Waals surface area contributed by atoms with Gasteiger partial charge in [0.05, 0.1) is 24.1 Å². The molecule has 1 aromatic heterocycles. The van der Waals surface area contributed by atoms with Crippen molar-refractivity contribution in [1.82, 2.24) is 19.0 Å². The molecule has 0 radical (unpaired) electrons. The molecule has 4 fully saturated rings. The maximum Gasteiger partial charge on any atom is 0.257 e. The number of fused-ring (bicyclic) bond motifs is 2. The van der Waals surface area contributed by atoms with Gasteiger partial charge in [0.1, 0.15) is 17.8 Å². The highest BCUT2D eigenvalue weighted by Crippen LogP contribution is 2.38. The van der Waals surface area contributed by atoms with E-state index in [-0.39, 0.29) is 18.5 Å². The van der Waals surface area contributed by atoms with Crippen LogP contribution in [-0.2, 0) is 16.6 Å². The normalized spacial score (nSPS) is 26.0. The SMILES string of the molecule is COc1cc(C)c(S(=O)(=O)N(Cc2cc(C(=O)N3CCN(C4CC5CCC(C4)N5C)CC3)co2)C2CC2)c(C)c1. The van der Waals surface area contributed by atoms with Crippen LogP contribution in [0.4, 0.5) is 0 Å². The molecule has 1 saturated carbocycles. The molecule has 2 aromatic rings. The second-order valence-electron chi connectivity index (χ2n) is 12.2. The van der Waals surface area contributed by atoms with Crippen LogP contribution in [0.5, 0.6) is 5.75 Å². The van der Waals surface area contributed by atoms with Gasteiger partial charge in [-0.05, 0) is 88.7 Å². The lowest BCUT2D eigenvalue weighted by Gasteiger charge is -2.45. The first-order valence-corrected chi connectivity index (χ1v) is 16.1.